The Morgan fingerprint density at radius 3 is 2.32 bits per heavy atom. The van der Waals surface area contributed by atoms with E-state index in [-0.39, 0.29) is 11.8 Å². The monoisotopic (exact) mass is 322 g/mol. The normalized spacial score (nSPS) is 15.0. The number of benzene rings is 1. The highest BCUT2D eigenvalue weighted by Gasteiger charge is 2.40. The van der Waals surface area contributed by atoms with E-state index in [1.165, 1.54) is 0 Å². The number of anilines is 1. The number of halogens is 1. The van der Waals surface area contributed by atoms with Crippen LogP contribution in [0.15, 0.2) is 12.1 Å². The average Bonchev–Trinajstić information content (AvgIpc) is 2.95. The van der Waals surface area contributed by atoms with E-state index in [1.807, 2.05) is 19.9 Å². The lowest BCUT2D eigenvalue weighted by molar-refractivity contribution is -0.145. The lowest BCUT2D eigenvalue weighted by atomic mass is 9.90. The number of carbonyl (C=O) groups is 2. The molecule has 0 unspecified atom stereocenters. The van der Waals surface area contributed by atoms with Gasteiger partial charge in [0.1, 0.15) is 5.41 Å². The maximum atomic E-state index is 12.6. The van der Waals surface area contributed by atoms with Crippen LogP contribution in [0.5, 0.6) is 0 Å². The maximum Gasteiger partial charge on any atom is 0.239 e. The number of nitrogens with zero attached hydrogens (tertiary/aromatic N) is 1. The topological polar surface area (TPSA) is 49.4 Å². The quantitative estimate of drug-likeness (QED) is 0.865. The molecular formula is C17H23ClN2O2. The van der Waals surface area contributed by atoms with Crippen molar-refractivity contribution in [3.63, 3.8) is 0 Å². The summed E-state index contributed by atoms with van der Waals surface area (Å²) >= 11 is 6.23. The second-order valence-electron chi connectivity index (χ2n) is 6.52. The first-order valence-corrected chi connectivity index (χ1v) is 7.99. The van der Waals surface area contributed by atoms with E-state index < -0.39 is 5.41 Å². The number of likely N-dealkylation sites (tertiary alicyclic amines) is 1. The summed E-state index contributed by atoms with van der Waals surface area (Å²) in [5.74, 6) is -0.443. The second-order valence-corrected chi connectivity index (χ2v) is 6.92. The highest BCUT2D eigenvalue weighted by molar-refractivity contribution is 6.34. The Kier molecular flexibility index (Phi) is 4.81. The van der Waals surface area contributed by atoms with Crippen LogP contribution in [0.1, 0.15) is 37.8 Å². The van der Waals surface area contributed by atoms with E-state index in [0.717, 1.165) is 37.1 Å². The minimum Gasteiger partial charge on any atom is -0.342 e. The molecule has 1 fully saturated rings. The number of amides is 2. The number of aryl methyl sites for hydroxylation is 2. The number of nitrogens with one attached hydrogen (secondary N) is 1. The lowest BCUT2D eigenvalue weighted by Gasteiger charge is -2.28. The van der Waals surface area contributed by atoms with E-state index in [2.05, 4.69) is 5.32 Å². The van der Waals surface area contributed by atoms with E-state index >= 15 is 0 Å². The largest absolute Gasteiger partial charge is 0.342 e. The summed E-state index contributed by atoms with van der Waals surface area (Å²) < 4.78 is 0. The van der Waals surface area contributed by atoms with Crippen molar-refractivity contribution in [1.29, 1.82) is 0 Å². The molecule has 0 atom stereocenters. The molecule has 0 saturated carbocycles. The third-order valence-electron chi connectivity index (χ3n) is 4.17. The first-order valence-electron chi connectivity index (χ1n) is 7.61. The Bertz CT molecular complexity index is 582. The molecule has 1 aromatic carbocycles. The van der Waals surface area contributed by atoms with Crippen molar-refractivity contribution < 1.29 is 9.59 Å². The highest BCUT2D eigenvalue weighted by atomic mass is 35.5. The fraction of sp³-hybridized carbons (Fsp3) is 0.529. The summed E-state index contributed by atoms with van der Waals surface area (Å²) in [7, 11) is 0. The SMILES string of the molecule is Cc1cc(C)c(NC(=O)C(C)(C)C(=O)N2CCCC2)c(Cl)c1. The van der Waals surface area contributed by atoms with Gasteiger partial charge in [0.2, 0.25) is 11.8 Å². The molecule has 1 saturated heterocycles. The van der Waals surface area contributed by atoms with Crippen LogP contribution in [0.4, 0.5) is 5.69 Å². The van der Waals surface area contributed by atoms with Gasteiger partial charge in [0.15, 0.2) is 0 Å². The van der Waals surface area contributed by atoms with Crippen molar-refractivity contribution in [1.82, 2.24) is 4.90 Å². The number of hydrogen-bond donors (Lipinski definition) is 1. The molecular weight excluding hydrogens is 300 g/mol. The third kappa shape index (κ3) is 3.27. The molecule has 2 amide bonds. The molecule has 2 rings (SSSR count). The van der Waals surface area contributed by atoms with Crippen molar-refractivity contribution in [3.05, 3.63) is 28.3 Å². The molecule has 0 aliphatic carbocycles. The summed E-state index contributed by atoms with van der Waals surface area (Å²) in [6.07, 6.45) is 2.01. The van der Waals surface area contributed by atoms with Gasteiger partial charge in [0.25, 0.3) is 0 Å². The molecule has 22 heavy (non-hydrogen) atoms. The lowest BCUT2D eigenvalue weighted by Crippen LogP contribution is -2.46. The zero-order valence-electron chi connectivity index (χ0n) is 13.6. The zero-order valence-corrected chi connectivity index (χ0v) is 14.4. The number of rotatable bonds is 3. The van der Waals surface area contributed by atoms with Gasteiger partial charge in [0, 0.05) is 13.1 Å². The third-order valence-corrected chi connectivity index (χ3v) is 4.46. The van der Waals surface area contributed by atoms with E-state index in [4.69, 9.17) is 11.6 Å². The van der Waals surface area contributed by atoms with Crippen LogP contribution >= 0.6 is 11.6 Å². The summed E-state index contributed by atoms with van der Waals surface area (Å²) in [6, 6.07) is 3.76. The second kappa shape index (κ2) is 6.29. The smallest absolute Gasteiger partial charge is 0.239 e. The fourth-order valence-electron chi connectivity index (χ4n) is 2.76. The van der Waals surface area contributed by atoms with Gasteiger partial charge in [-0.15, -0.1) is 0 Å². The minimum absolute atomic E-state index is 0.122. The van der Waals surface area contributed by atoms with Gasteiger partial charge in [-0.25, -0.2) is 0 Å². The van der Waals surface area contributed by atoms with Crippen LogP contribution in [0.25, 0.3) is 0 Å². The van der Waals surface area contributed by atoms with Gasteiger partial charge in [-0.1, -0.05) is 17.7 Å². The Labute approximate surface area is 136 Å². The van der Waals surface area contributed by atoms with Crippen LogP contribution in [0.3, 0.4) is 0 Å². The van der Waals surface area contributed by atoms with Gasteiger partial charge in [-0.3, -0.25) is 9.59 Å². The van der Waals surface area contributed by atoms with Gasteiger partial charge in [-0.05, 0) is 57.7 Å². The first kappa shape index (κ1) is 16.8. The summed E-state index contributed by atoms with van der Waals surface area (Å²) in [6.45, 7) is 8.65. The molecule has 1 heterocycles. The number of carbonyl (C=O) groups excluding carboxylic acids is 2. The van der Waals surface area contributed by atoms with Crippen molar-refractivity contribution in [2.24, 2.45) is 5.41 Å². The highest BCUT2D eigenvalue weighted by Crippen LogP contribution is 2.30. The molecule has 1 N–H and O–H groups in total. The molecule has 1 aliphatic heterocycles. The van der Waals surface area contributed by atoms with Crippen LogP contribution in [0, 0.1) is 19.3 Å². The molecule has 4 nitrogen and oxygen atoms in total. The van der Waals surface area contributed by atoms with Gasteiger partial charge in [0.05, 0.1) is 10.7 Å². The Balaban J connectivity index is 2.19. The van der Waals surface area contributed by atoms with Crippen LogP contribution in [0.2, 0.25) is 5.02 Å². The molecule has 0 aromatic heterocycles. The van der Waals surface area contributed by atoms with E-state index in [1.54, 1.807) is 24.8 Å². The van der Waals surface area contributed by atoms with E-state index in [9.17, 15) is 9.59 Å². The molecule has 120 valence electrons. The van der Waals surface area contributed by atoms with Crippen LogP contribution in [-0.4, -0.2) is 29.8 Å². The van der Waals surface area contributed by atoms with Gasteiger partial charge < -0.3 is 10.2 Å². The standard InChI is InChI=1S/C17H23ClN2O2/c1-11-9-12(2)14(13(18)10-11)19-15(21)17(3,4)16(22)20-7-5-6-8-20/h9-10H,5-8H2,1-4H3,(H,19,21). The summed E-state index contributed by atoms with van der Waals surface area (Å²) in [5, 5.41) is 3.33. The van der Waals surface area contributed by atoms with Crippen LogP contribution in [-0.2, 0) is 9.59 Å². The Morgan fingerprint density at radius 2 is 1.77 bits per heavy atom. The van der Waals surface area contributed by atoms with E-state index in [0.29, 0.717) is 10.7 Å². The number of hydrogen-bond acceptors (Lipinski definition) is 2. The zero-order chi connectivity index (χ0) is 16.5. The Hall–Kier alpha value is -1.55. The summed E-state index contributed by atoms with van der Waals surface area (Å²) in [5.41, 5.74) is 1.40. The fourth-order valence-corrected chi connectivity index (χ4v) is 3.12. The molecule has 0 spiro atoms. The van der Waals surface area contributed by atoms with Gasteiger partial charge in [-0.2, -0.15) is 0 Å². The van der Waals surface area contributed by atoms with Crippen molar-refractivity contribution in [2.45, 2.75) is 40.5 Å². The summed E-state index contributed by atoms with van der Waals surface area (Å²) in [4.78, 5) is 26.9. The molecule has 1 aliphatic rings. The predicted octanol–water partition coefficient (Wildman–Crippen LogP) is 3.54. The average molecular weight is 323 g/mol. The minimum atomic E-state index is -1.11. The Morgan fingerprint density at radius 1 is 1.18 bits per heavy atom. The van der Waals surface area contributed by atoms with Crippen molar-refractivity contribution >= 4 is 29.1 Å². The molecule has 0 radical (unpaired) electrons. The maximum absolute atomic E-state index is 12.6. The van der Waals surface area contributed by atoms with Crippen LogP contribution < -0.4 is 5.32 Å². The molecule has 0 bridgehead atoms. The van der Waals surface area contributed by atoms with Gasteiger partial charge >= 0.3 is 0 Å². The predicted molar refractivity (Wildman–Crippen MR) is 89.2 cm³/mol. The van der Waals surface area contributed by atoms with Crippen molar-refractivity contribution in [2.75, 3.05) is 18.4 Å². The first-order chi connectivity index (χ1) is 10.2. The molecule has 5 heteroatoms. The van der Waals surface area contributed by atoms with Crippen molar-refractivity contribution in [3.8, 4) is 0 Å². The molecule has 1 aromatic rings.